The van der Waals surface area contributed by atoms with Crippen LogP contribution in [-0.2, 0) is 12.0 Å². The third kappa shape index (κ3) is 3.15. The van der Waals surface area contributed by atoms with Gasteiger partial charge < -0.3 is 10.8 Å². The Labute approximate surface area is 173 Å². The Hall–Kier alpha value is -3.82. The number of hydrogen-bond acceptors (Lipinski definition) is 6. The van der Waals surface area contributed by atoms with Crippen molar-refractivity contribution < 1.29 is 5.11 Å². The molecule has 0 fully saturated rings. The fraction of sp³-hybridized carbons (Fsp3) is 0.167. The van der Waals surface area contributed by atoms with Gasteiger partial charge in [-0.15, -0.1) is 0 Å². The van der Waals surface area contributed by atoms with E-state index >= 15 is 0 Å². The number of aromatic nitrogens is 4. The second-order valence-corrected chi connectivity index (χ2v) is 7.54. The molecule has 0 spiro atoms. The Morgan fingerprint density at radius 2 is 2.00 bits per heavy atom. The van der Waals surface area contributed by atoms with Crippen LogP contribution in [0.5, 0.6) is 0 Å². The first-order chi connectivity index (χ1) is 14.5. The van der Waals surface area contributed by atoms with Crippen LogP contribution in [0.15, 0.2) is 55.0 Å². The van der Waals surface area contributed by atoms with E-state index in [1.165, 1.54) is 0 Å². The van der Waals surface area contributed by atoms with E-state index in [9.17, 15) is 5.11 Å². The maximum atomic E-state index is 11.0. The van der Waals surface area contributed by atoms with Crippen molar-refractivity contribution in [2.24, 2.45) is 0 Å². The van der Waals surface area contributed by atoms with Crippen LogP contribution in [0.3, 0.4) is 0 Å². The Morgan fingerprint density at radius 3 is 2.90 bits per heavy atom. The molecule has 0 bridgehead atoms. The second-order valence-electron chi connectivity index (χ2n) is 7.54. The van der Waals surface area contributed by atoms with Gasteiger partial charge in [-0.2, -0.15) is 0 Å². The number of nitrogens with zero attached hydrogens (tertiary/aromatic N) is 4. The fourth-order valence-electron chi connectivity index (χ4n) is 3.84. The van der Waals surface area contributed by atoms with Gasteiger partial charge in [0.2, 0.25) is 0 Å². The van der Waals surface area contributed by atoms with Crippen molar-refractivity contribution in [1.82, 2.24) is 19.9 Å². The molecule has 5 rings (SSSR count). The predicted molar refractivity (Wildman–Crippen MR) is 115 cm³/mol. The molecule has 0 saturated carbocycles. The van der Waals surface area contributed by atoms with E-state index in [-0.39, 0.29) is 0 Å². The van der Waals surface area contributed by atoms with E-state index in [1.54, 1.807) is 18.6 Å². The summed E-state index contributed by atoms with van der Waals surface area (Å²) in [4.78, 5) is 17.5. The molecular weight excluding hydrogens is 374 g/mol. The van der Waals surface area contributed by atoms with Crippen molar-refractivity contribution in [3.8, 4) is 23.2 Å². The van der Waals surface area contributed by atoms with Crippen molar-refractivity contribution in [3.63, 3.8) is 0 Å². The second kappa shape index (κ2) is 6.90. The molecule has 3 N–H and O–H groups in total. The maximum Gasteiger partial charge on any atom is 0.168 e. The normalized spacial score (nSPS) is 17.4. The molecule has 3 aromatic heterocycles. The smallest absolute Gasteiger partial charge is 0.168 e. The Bertz CT molecular complexity index is 1350. The quantitative estimate of drug-likeness (QED) is 0.482. The number of aliphatic hydroxyl groups is 1. The van der Waals surface area contributed by atoms with E-state index in [1.807, 2.05) is 43.3 Å². The van der Waals surface area contributed by atoms with Crippen molar-refractivity contribution in [2.45, 2.75) is 25.4 Å². The van der Waals surface area contributed by atoms with Gasteiger partial charge in [0.15, 0.2) is 11.4 Å². The summed E-state index contributed by atoms with van der Waals surface area (Å²) in [6.45, 7) is 1.99. The van der Waals surface area contributed by atoms with Crippen LogP contribution in [0.25, 0.3) is 22.3 Å². The monoisotopic (exact) mass is 393 g/mol. The first kappa shape index (κ1) is 18.2. The molecule has 6 heteroatoms. The minimum Gasteiger partial charge on any atom is -0.382 e. The molecule has 6 nitrogen and oxygen atoms in total. The van der Waals surface area contributed by atoms with Crippen LogP contribution >= 0.6 is 0 Å². The van der Waals surface area contributed by atoms with E-state index in [0.717, 1.165) is 34.1 Å². The molecule has 3 heterocycles. The van der Waals surface area contributed by atoms with Gasteiger partial charge >= 0.3 is 0 Å². The number of rotatable bonds is 1. The molecule has 4 aromatic rings. The molecule has 0 amide bonds. The third-order valence-corrected chi connectivity index (χ3v) is 5.32. The van der Waals surface area contributed by atoms with Crippen molar-refractivity contribution in [3.05, 3.63) is 77.4 Å². The van der Waals surface area contributed by atoms with E-state index in [2.05, 4.69) is 31.8 Å². The molecule has 0 saturated heterocycles. The molecule has 30 heavy (non-hydrogen) atoms. The molecule has 0 unspecified atom stereocenters. The van der Waals surface area contributed by atoms with Crippen LogP contribution < -0.4 is 5.73 Å². The van der Waals surface area contributed by atoms with E-state index in [0.29, 0.717) is 29.3 Å². The SMILES string of the molecule is Cc1cc(C#C[C@]2(O)CCc3cccnc32)cc(-c2ncc3ccnc(N)c3n2)c1. The van der Waals surface area contributed by atoms with Crippen LogP contribution in [0.1, 0.15) is 28.8 Å². The summed E-state index contributed by atoms with van der Waals surface area (Å²) in [7, 11) is 0. The van der Waals surface area contributed by atoms with Gasteiger partial charge in [0, 0.05) is 35.1 Å². The van der Waals surface area contributed by atoms with Crippen LogP contribution in [0, 0.1) is 18.8 Å². The van der Waals surface area contributed by atoms with Gasteiger partial charge in [-0.3, -0.25) is 4.98 Å². The molecule has 1 aromatic carbocycles. The van der Waals surface area contributed by atoms with Gasteiger partial charge in [0.05, 0.1) is 5.69 Å². The Kier molecular flexibility index (Phi) is 4.19. The number of fused-ring (bicyclic) bond motifs is 2. The number of anilines is 1. The first-order valence-corrected chi connectivity index (χ1v) is 9.71. The molecule has 1 aliphatic carbocycles. The standard InChI is InChI=1S/C24H19N5O/c1-15-11-16(4-7-24(30)8-5-17-3-2-9-26-21(17)24)13-19(12-15)23-28-14-18-6-10-27-22(25)20(18)29-23/h2-3,6,9-14,30H,5,8H2,1H3,(H2,25,27)/t24-/m0/s1. The highest BCUT2D eigenvalue weighted by Crippen LogP contribution is 2.34. The van der Waals surface area contributed by atoms with Gasteiger partial charge in [0.25, 0.3) is 0 Å². The summed E-state index contributed by atoms with van der Waals surface area (Å²) >= 11 is 0. The number of nitrogens with two attached hydrogens (primary N) is 1. The fourth-order valence-corrected chi connectivity index (χ4v) is 3.84. The zero-order valence-corrected chi connectivity index (χ0v) is 16.4. The lowest BCUT2D eigenvalue weighted by atomic mass is 10.00. The van der Waals surface area contributed by atoms with Crippen LogP contribution in [-0.4, -0.2) is 25.0 Å². The van der Waals surface area contributed by atoms with Gasteiger partial charge in [0.1, 0.15) is 11.3 Å². The van der Waals surface area contributed by atoms with Crippen molar-refractivity contribution >= 4 is 16.7 Å². The molecule has 1 atom stereocenters. The maximum absolute atomic E-state index is 11.0. The average molecular weight is 393 g/mol. The lowest BCUT2D eigenvalue weighted by molar-refractivity contribution is 0.0982. The minimum absolute atomic E-state index is 0.374. The lowest BCUT2D eigenvalue weighted by Gasteiger charge is -2.15. The highest BCUT2D eigenvalue weighted by molar-refractivity contribution is 5.87. The third-order valence-electron chi connectivity index (χ3n) is 5.32. The van der Waals surface area contributed by atoms with Crippen LogP contribution in [0.2, 0.25) is 0 Å². The Balaban J connectivity index is 1.55. The number of nitrogen functional groups attached to an aromatic ring is 1. The zero-order chi connectivity index (χ0) is 20.7. The number of aryl methyl sites for hydroxylation is 2. The predicted octanol–water partition coefficient (Wildman–Crippen LogP) is 3.16. The number of hydrogen-bond donors (Lipinski definition) is 2. The largest absolute Gasteiger partial charge is 0.382 e. The van der Waals surface area contributed by atoms with Gasteiger partial charge in [-0.05, 0) is 61.2 Å². The topological polar surface area (TPSA) is 97.8 Å². The van der Waals surface area contributed by atoms with E-state index in [4.69, 9.17) is 5.73 Å². The lowest BCUT2D eigenvalue weighted by Crippen LogP contribution is -2.20. The highest BCUT2D eigenvalue weighted by Gasteiger charge is 2.36. The summed E-state index contributed by atoms with van der Waals surface area (Å²) in [5, 5.41) is 11.9. The molecule has 0 radical (unpaired) electrons. The van der Waals surface area contributed by atoms with Crippen molar-refractivity contribution in [2.75, 3.05) is 5.73 Å². The molecule has 146 valence electrons. The summed E-state index contributed by atoms with van der Waals surface area (Å²) in [6, 6.07) is 11.6. The summed E-state index contributed by atoms with van der Waals surface area (Å²) in [5.74, 6) is 7.11. The Morgan fingerprint density at radius 1 is 1.10 bits per heavy atom. The number of pyridine rings is 2. The summed E-state index contributed by atoms with van der Waals surface area (Å²) in [6.07, 6.45) is 6.40. The zero-order valence-electron chi connectivity index (χ0n) is 16.4. The number of benzene rings is 1. The van der Waals surface area contributed by atoms with Gasteiger partial charge in [-0.25, -0.2) is 15.0 Å². The van der Waals surface area contributed by atoms with E-state index < -0.39 is 5.60 Å². The molecule has 0 aliphatic heterocycles. The van der Waals surface area contributed by atoms with Crippen LogP contribution in [0.4, 0.5) is 5.82 Å². The minimum atomic E-state index is -1.22. The summed E-state index contributed by atoms with van der Waals surface area (Å²) < 4.78 is 0. The van der Waals surface area contributed by atoms with Crippen molar-refractivity contribution in [1.29, 1.82) is 0 Å². The first-order valence-electron chi connectivity index (χ1n) is 9.71. The molecule has 1 aliphatic rings. The highest BCUT2D eigenvalue weighted by atomic mass is 16.3. The average Bonchev–Trinajstić information content (AvgIpc) is 3.09. The molecular formula is C24H19N5O. The summed E-state index contributed by atoms with van der Waals surface area (Å²) in [5.41, 5.74) is 9.73. The van der Waals surface area contributed by atoms with Gasteiger partial charge in [-0.1, -0.05) is 17.9 Å².